The predicted octanol–water partition coefficient (Wildman–Crippen LogP) is 4.11. The molecule has 2 nitrogen and oxygen atoms in total. The number of benzene rings is 2. The summed E-state index contributed by atoms with van der Waals surface area (Å²) in [7, 11) is -3.67. The van der Waals surface area contributed by atoms with Gasteiger partial charge in [0.05, 0.1) is 0 Å². The summed E-state index contributed by atoms with van der Waals surface area (Å²) in [6.07, 6.45) is 3.81. The Morgan fingerprint density at radius 3 is 1.50 bits per heavy atom. The number of nitrogens with zero attached hydrogens (tertiary/aromatic N) is 2. The van der Waals surface area contributed by atoms with Gasteiger partial charge in [-0.15, -0.1) is 0 Å². The second-order valence-electron chi connectivity index (χ2n) is 7.79. The molecule has 0 radical (unpaired) electrons. The number of pyridine rings is 1. The standard InChI is InChI=1S/C22H28N2Si2/c1-25(2,21-11-7-5-8-12-21)24(19-20-15-17-23-18-16-20)26(3,4)22-13-9-6-10-14-22/h5-18H,19H2,1-4H3. The largest absolute Gasteiger partial charge is 0.335 e. The fraction of sp³-hybridized carbons (Fsp3) is 0.227. The third kappa shape index (κ3) is 3.87. The number of hydrogen-bond donors (Lipinski definition) is 0. The van der Waals surface area contributed by atoms with Crippen molar-refractivity contribution in [2.45, 2.75) is 32.7 Å². The maximum atomic E-state index is 4.20. The van der Waals surface area contributed by atoms with Gasteiger partial charge in [-0.25, -0.2) is 0 Å². The van der Waals surface area contributed by atoms with E-state index in [0.29, 0.717) is 0 Å². The lowest BCUT2D eigenvalue weighted by atomic mass is 10.3. The molecule has 3 aromatic rings. The van der Waals surface area contributed by atoms with Gasteiger partial charge < -0.3 is 4.23 Å². The first-order valence-corrected chi connectivity index (χ1v) is 15.1. The minimum absolute atomic E-state index is 0.977. The smallest absolute Gasteiger partial charge is 0.148 e. The van der Waals surface area contributed by atoms with Crippen molar-refractivity contribution in [3.63, 3.8) is 0 Å². The van der Waals surface area contributed by atoms with Gasteiger partial charge in [0.1, 0.15) is 16.5 Å². The lowest BCUT2D eigenvalue weighted by Crippen LogP contribution is -2.70. The summed E-state index contributed by atoms with van der Waals surface area (Å²) >= 11 is 0. The molecule has 26 heavy (non-hydrogen) atoms. The maximum absolute atomic E-state index is 4.20. The molecule has 0 aliphatic carbocycles. The minimum Gasteiger partial charge on any atom is -0.335 e. The average Bonchev–Trinajstić information content (AvgIpc) is 2.68. The van der Waals surface area contributed by atoms with Crippen molar-refractivity contribution >= 4 is 26.8 Å². The van der Waals surface area contributed by atoms with E-state index in [1.165, 1.54) is 15.9 Å². The molecule has 0 N–H and O–H groups in total. The summed E-state index contributed by atoms with van der Waals surface area (Å²) in [6, 6.07) is 26.4. The summed E-state index contributed by atoms with van der Waals surface area (Å²) < 4.78 is 2.86. The molecule has 0 saturated heterocycles. The van der Waals surface area contributed by atoms with Crippen molar-refractivity contribution in [1.29, 1.82) is 0 Å². The zero-order valence-electron chi connectivity index (χ0n) is 16.2. The van der Waals surface area contributed by atoms with Crippen LogP contribution in [0.2, 0.25) is 26.2 Å². The van der Waals surface area contributed by atoms with E-state index in [2.05, 4.69) is 108 Å². The van der Waals surface area contributed by atoms with Gasteiger partial charge >= 0.3 is 0 Å². The van der Waals surface area contributed by atoms with Crippen LogP contribution in [0.25, 0.3) is 0 Å². The normalized spacial score (nSPS) is 12.3. The maximum Gasteiger partial charge on any atom is 0.148 e. The Labute approximate surface area is 159 Å². The van der Waals surface area contributed by atoms with Crippen molar-refractivity contribution in [3.8, 4) is 0 Å². The van der Waals surface area contributed by atoms with Gasteiger partial charge in [-0.1, -0.05) is 86.9 Å². The molecule has 0 aliphatic rings. The molecule has 0 atom stereocenters. The van der Waals surface area contributed by atoms with E-state index in [1.807, 2.05) is 12.4 Å². The van der Waals surface area contributed by atoms with E-state index < -0.39 is 16.5 Å². The van der Waals surface area contributed by atoms with Crippen LogP contribution in [0.5, 0.6) is 0 Å². The molecular weight excluding hydrogens is 348 g/mol. The van der Waals surface area contributed by atoms with Crippen LogP contribution in [0.3, 0.4) is 0 Å². The van der Waals surface area contributed by atoms with Gasteiger partial charge in [0.15, 0.2) is 0 Å². The molecule has 0 saturated carbocycles. The Balaban J connectivity index is 2.07. The molecule has 134 valence electrons. The molecule has 1 heterocycles. The van der Waals surface area contributed by atoms with Crippen LogP contribution in [0.15, 0.2) is 85.2 Å². The first-order valence-electron chi connectivity index (χ1n) is 9.20. The van der Waals surface area contributed by atoms with Crippen molar-refractivity contribution in [1.82, 2.24) is 9.22 Å². The van der Waals surface area contributed by atoms with Crippen molar-refractivity contribution in [2.24, 2.45) is 0 Å². The summed E-state index contributed by atoms with van der Waals surface area (Å²) in [5.41, 5.74) is 1.34. The quantitative estimate of drug-likeness (QED) is 0.602. The third-order valence-electron chi connectivity index (χ3n) is 5.40. The molecule has 0 bridgehead atoms. The molecule has 0 fully saturated rings. The van der Waals surface area contributed by atoms with Gasteiger partial charge in [0.2, 0.25) is 0 Å². The molecule has 2 aromatic carbocycles. The molecular formula is C22H28N2Si2. The van der Waals surface area contributed by atoms with E-state index >= 15 is 0 Å². The zero-order chi connectivity index (χ0) is 18.6. The van der Waals surface area contributed by atoms with Gasteiger partial charge in [0, 0.05) is 18.9 Å². The SMILES string of the molecule is C[Si](C)(c1ccccc1)N(Cc1ccncc1)[Si](C)(C)c1ccccc1. The topological polar surface area (TPSA) is 16.1 Å². The summed E-state index contributed by atoms with van der Waals surface area (Å²) in [5, 5.41) is 2.98. The Kier molecular flexibility index (Phi) is 5.56. The molecule has 1 aromatic heterocycles. The zero-order valence-corrected chi connectivity index (χ0v) is 18.2. The molecule has 0 amide bonds. The highest BCUT2D eigenvalue weighted by atomic mass is 28.4. The lowest BCUT2D eigenvalue weighted by molar-refractivity contribution is 0.621. The first-order chi connectivity index (χ1) is 12.4. The Morgan fingerprint density at radius 2 is 1.08 bits per heavy atom. The Morgan fingerprint density at radius 1 is 0.654 bits per heavy atom. The van der Waals surface area contributed by atoms with Crippen LogP contribution in [0, 0.1) is 0 Å². The van der Waals surface area contributed by atoms with Crippen LogP contribution in [0.1, 0.15) is 5.56 Å². The highest BCUT2D eigenvalue weighted by Gasteiger charge is 2.42. The second-order valence-corrected chi connectivity index (χ2v) is 16.7. The van der Waals surface area contributed by atoms with Crippen molar-refractivity contribution < 1.29 is 0 Å². The Hall–Kier alpha value is -2.02. The van der Waals surface area contributed by atoms with E-state index in [4.69, 9.17) is 0 Å². The summed E-state index contributed by atoms with van der Waals surface area (Å²) in [5.74, 6) is 0. The van der Waals surface area contributed by atoms with Crippen molar-refractivity contribution in [2.75, 3.05) is 0 Å². The van der Waals surface area contributed by atoms with E-state index in [1.54, 1.807) is 0 Å². The fourth-order valence-electron chi connectivity index (χ4n) is 3.77. The van der Waals surface area contributed by atoms with E-state index in [9.17, 15) is 0 Å². The summed E-state index contributed by atoms with van der Waals surface area (Å²) in [6.45, 7) is 10.9. The lowest BCUT2D eigenvalue weighted by Gasteiger charge is -2.47. The van der Waals surface area contributed by atoms with Gasteiger partial charge in [-0.3, -0.25) is 4.98 Å². The number of rotatable bonds is 6. The molecule has 0 unspecified atom stereocenters. The van der Waals surface area contributed by atoms with Crippen LogP contribution in [-0.2, 0) is 6.54 Å². The van der Waals surface area contributed by atoms with Crippen molar-refractivity contribution in [3.05, 3.63) is 90.8 Å². The van der Waals surface area contributed by atoms with E-state index in [-0.39, 0.29) is 0 Å². The molecule has 4 heteroatoms. The van der Waals surface area contributed by atoms with E-state index in [0.717, 1.165) is 6.54 Å². The second kappa shape index (κ2) is 7.70. The number of hydrogen-bond acceptors (Lipinski definition) is 2. The molecule has 3 rings (SSSR count). The van der Waals surface area contributed by atoms with Crippen LogP contribution < -0.4 is 10.4 Å². The minimum atomic E-state index is -1.84. The summed E-state index contributed by atoms with van der Waals surface area (Å²) in [4.78, 5) is 4.20. The predicted molar refractivity (Wildman–Crippen MR) is 117 cm³/mol. The Bertz CT molecular complexity index is 767. The van der Waals surface area contributed by atoms with Crippen LogP contribution >= 0.6 is 0 Å². The first kappa shape index (κ1) is 18.8. The monoisotopic (exact) mass is 376 g/mol. The third-order valence-corrected chi connectivity index (χ3v) is 15.3. The molecule has 0 aliphatic heterocycles. The van der Waals surface area contributed by atoms with Gasteiger partial charge in [-0.05, 0) is 28.1 Å². The highest BCUT2D eigenvalue weighted by Crippen LogP contribution is 2.23. The van der Waals surface area contributed by atoms with Gasteiger partial charge in [-0.2, -0.15) is 0 Å². The van der Waals surface area contributed by atoms with Crippen LogP contribution in [0.4, 0.5) is 0 Å². The highest BCUT2D eigenvalue weighted by molar-refractivity contribution is 7.02. The van der Waals surface area contributed by atoms with Crippen LogP contribution in [-0.4, -0.2) is 25.7 Å². The molecule has 0 spiro atoms. The number of aromatic nitrogens is 1. The average molecular weight is 377 g/mol. The van der Waals surface area contributed by atoms with Gasteiger partial charge in [0.25, 0.3) is 0 Å². The fourth-order valence-corrected chi connectivity index (χ4v) is 13.9.